The predicted octanol–water partition coefficient (Wildman–Crippen LogP) is 3.67. The van der Waals surface area contributed by atoms with E-state index in [9.17, 15) is 14.4 Å². The molecule has 30 heavy (non-hydrogen) atoms. The fraction of sp³-hybridized carbons (Fsp3) is 0.286. The van der Waals surface area contributed by atoms with Crippen LogP contribution in [0.1, 0.15) is 37.2 Å². The van der Waals surface area contributed by atoms with Crippen molar-refractivity contribution >= 4 is 46.0 Å². The molecule has 8 nitrogen and oxygen atoms in total. The first-order valence-corrected chi connectivity index (χ1v) is 9.54. The van der Waals surface area contributed by atoms with Crippen LogP contribution in [0, 0.1) is 5.41 Å². The van der Waals surface area contributed by atoms with Crippen molar-refractivity contribution in [2.24, 2.45) is 5.41 Å². The van der Waals surface area contributed by atoms with E-state index in [2.05, 4.69) is 15.6 Å². The standard InChI is InChI=1S/C21H21ClN4O4/c1-21(2,3)18(27)17(26-16-8-6-5-7-14(16)24-25-26)19(28)23-15-11-12(20(29)30-4)9-10-13(15)22/h5-11,17H,1-4H3,(H,23,28). The van der Waals surface area contributed by atoms with Crippen LogP contribution in [0.25, 0.3) is 11.0 Å². The summed E-state index contributed by atoms with van der Waals surface area (Å²) >= 11 is 6.20. The molecule has 1 atom stereocenters. The van der Waals surface area contributed by atoms with Gasteiger partial charge in [-0.3, -0.25) is 9.59 Å². The summed E-state index contributed by atoms with van der Waals surface area (Å²) in [5.74, 6) is -1.57. The minimum atomic E-state index is -1.28. The Labute approximate surface area is 178 Å². The maximum absolute atomic E-state index is 13.3. The van der Waals surface area contributed by atoms with Crippen molar-refractivity contribution in [1.29, 1.82) is 0 Å². The predicted molar refractivity (Wildman–Crippen MR) is 112 cm³/mol. The Morgan fingerprint density at radius 3 is 2.50 bits per heavy atom. The van der Waals surface area contributed by atoms with Gasteiger partial charge in [0.1, 0.15) is 5.52 Å². The zero-order valence-corrected chi connectivity index (χ0v) is 17.7. The van der Waals surface area contributed by atoms with Gasteiger partial charge in [-0.2, -0.15) is 0 Å². The van der Waals surface area contributed by atoms with Crippen molar-refractivity contribution in [3.63, 3.8) is 0 Å². The molecule has 1 amide bonds. The topological polar surface area (TPSA) is 103 Å². The monoisotopic (exact) mass is 428 g/mol. The van der Waals surface area contributed by atoms with Gasteiger partial charge in [-0.15, -0.1) is 5.10 Å². The lowest BCUT2D eigenvalue weighted by Crippen LogP contribution is -2.39. The minimum Gasteiger partial charge on any atom is -0.465 e. The van der Waals surface area contributed by atoms with E-state index in [4.69, 9.17) is 16.3 Å². The summed E-state index contributed by atoms with van der Waals surface area (Å²) in [4.78, 5) is 38.3. The zero-order valence-electron chi connectivity index (χ0n) is 17.0. The van der Waals surface area contributed by atoms with E-state index in [-0.39, 0.29) is 22.1 Å². The Hall–Kier alpha value is -3.26. The third-order valence-electron chi connectivity index (χ3n) is 4.50. The second-order valence-corrected chi connectivity index (χ2v) is 8.12. The molecule has 0 spiro atoms. The lowest BCUT2D eigenvalue weighted by atomic mass is 9.86. The molecule has 0 saturated carbocycles. The molecular weight excluding hydrogens is 408 g/mol. The van der Waals surface area contributed by atoms with Crippen LogP contribution < -0.4 is 5.32 Å². The van der Waals surface area contributed by atoms with Crippen molar-refractivity contribution in [3.8, 4) is 0 Å². The quantitative estimate of drug-likeness (QED) is 0.491. The van der Waals surface area contributed by atoms with Gasteiger partial charge in [-0.25, -0.2) is 9.48 Å². The number of carbonyl (C=O) groups excluding carboxylic acids is 3. The van der Waals surface area contributed by atoms with Crippen LogP contribution in [-0.2, 0) is 14.3 Å². The summed E-state index contributed by atoms with van der Waals surface area (Å²) in [5, 5.41) is 11.0. The first-order valence-electron chi connectivity index (χ1n) is 9.16. The van der Waals surface area contributed by atoms with Crippen LogP contribution in [-0.4, -0.2) is 39.8 Å². The Balaban J connectivity index is 2.04. The number of para-hydroxylation sites is 1. The summed E-state index contributed by atoms with van der Waals surface area (Å²) in [7, 11) is 1.25. The molecule has 0 aliphatic rings. The highest BCUT2D eigenvalue weighted by molar-refractivity contribution is 6.34. The number of rotatable bonds is 5. The molecule has 1 aromatic heterocycles. The third-order valence-corrected chi connectivity index (χ3v) is 4.83. The Morgan fingerprint density at radius 1 is 1.13 bits per heavy atom. The number of benzene rings is 2. The van der Waals surface area contributed by atoms with E-state index in [1.807, 2.05) is 0 Å². The van der Waals surface area contributed by atoms with Crippen molar-refractivity contribution in [1.82, 2.24) is 15.0 Å². The number of nitrogens with one attached hydrogen (secondary N) is 1. The van der Waals surface area contributed by atoms with E-state index in [1.54, 1.807) is 45.0 Å². The normalized spacial score (nSPS) is 12.4. The average Bonchev–Trinajstić information content (AvgIpc) is 3.12. The van der Waals surface area contributed by atoms with Gasteiger partial charge in [0, 0.05) is 5.41 Å². The molecule has 1 N–H and O–H groups in total. The van der Waals surface area contributed by atoms with Crippen LogP contribution in [0.3, 0.4) is 0 Å². The van der Waals surface area contributed by atoms with Gasteiger partial charge < -0.3 is 10.1 Å². The fourth-order valence-electron chi connectivity index (χ4n) is 2.90. The van der Waals surface area contributed by atoms with E-state index in [1.165, 1.54) is 30.0 Å². The first kappa shape index (κ1) is 21.4. The maximum Gasteiger partial charge on any atom is 0.337 e. The largest absolute Gasteiger partial charge is 0.465 e. The SMILES string of the molecule is COC(=O)c1ccc(Cl)c(NC(=O)C(C(=O)C(C)(C)C)n2nnc3ccccc32)c1. The van der Waals surface area contributed by atoms with Crippen LogP contribution in [0.2, 0.25) is 5.02 Å². The van der Waals surface area contributed by atoms with Gasteiger partial charge in [-0.1, -0.05) is 49.7 Å². The van der Waals surface area contributed by atoms with Gasteiger partial charge in [0.25, 0.3) is 5.91 Å². The number of halogens is 1. The van der Waals surface area contributed by atoms with Gasteiger partial charge in [0.2, 0.25) is 0 Å². The molecule has 9 heteroatoms. The van der Waals surface area contributed by atoms with E-state index >= 15 is 0 Å². The Kier molecular flexibility index (Phi) is 5.89. The van der Waals surface area contributed by atoms with Gasteiger partial charge in [0.05, 0.1) is 28.9 Å². The van der Waals surface area contributed by atoms with Crippen LogP contribution in [0.4, 0.5) is 5.69 Å². The molecule has 0 bridgehead atoms. The van der Waals surface area contributed by atoms with Crippen LogP contribution >= 0.6 is 11.6 Å². The maximum atomic E-state index is 13.3. The van der Waals surface area contributed by atoms with Crippen molar-refractivity contribution in [2.45, 2.75) is 26.8 Å². The average molecular weight is 429 g/mol. The van der Waals surface area contributed by atoms with E-state index < -0.39 is 23.3 Å². The summed E-state index contributed by atoms with van der Waals surface area (Å²) in [6.45, 7) is 5.17. The second-order valence-electron chi connectivity index (χ2n) is 7.71. The highest BCUT2D eigenvalue weighted by Gasteiger charge is 2.38. The summed E-state index contributed by atoms with van der Waals surface area (Å²) in [6, 6.07) is 10.1. The molecule has 156 valence electrons. The van der Waals surface area contributed by atoms with Gasteiger partial charge in [0.15, 0.2) is 11.8 Å². The number of carbonyl (C=O) groups is 3. The van der Waals surface area contributed by atoms with Crippen LogP contribution in [0.15, 0.2) is 42.5 Å². The van der Waals surface area contributed by atoms with Gasteiger partial charge >= 0.3 is 5.97 Å². The van der Waals surface area contributed by atoms with E-state index in [0.717, 1.165) is 0 Å². The number of anilines is 1. The molecule has 0 saturated heterocycles. The smallest absolute Gasteiger partial charge is 0.337 e. The number of hydrogen-bond donors (Lipinski definition) is 1. The molecule has 0 aliphatic heterocycles. The number of fused-ring (bicyclic) bond motifs is 1. The molecule has 3 aromatic rings. The lowest BCUT2D eigenvalue weighted by molar-refractivity contribution is -0.135. The second kappa shape index (κ2) is 8.23. The number of ketones is 1. The molecule has 3 rings (SSSR count). The number of hydrogen-bond acceptors (Lipinski definition) is 6. The number of esters is 1. The number of nitrogens with zero attached hydrogens (tertiary/aromatic N) is 3. The Bertz CT molecular complexity index is 1130. The summed E-state index contributed by atoms with van der Waals surface area (Å²) < 4.78 is 6.00. The van der Waals surface area contributed by atoms with Crippen molar-refractivity contribution in [3.05, 3.63) is 53.1 Å². The molecule has 2 aromatic carbocycles. The number of aromatic nitrogens is 3. The van der Waals surface area contributed by atoms with Crippen LogP contribution in [0.5, 0.6) is 0 Å². The number of Topliss-reactive ketones (excluding diaryl/α,β-unsaturated/α-hetero) is 1. The number of amides is 1. The van der Waals surface area contributed by atoms with Crippen molar-refractivity contribution in [2.75, 3.05) is 12.4 Å². The Morgan fingerprint density at radius 2 is 1.83 bits per heavy atom. The third kappa shape index (κ3) is 4.18. The van der Waals surface area contributed by atoms with E-state index in [0.29, 0.717) is 11.0 Å². The highest BCUT2D eigenvalue weighted by Crippen LogP contribution is 2.29. The first-order chi connectivity index (χ1) is 14.1. The summed E-state index contributed by atoms with van der Waals surface area (Å²) in [6.07, 6.45) is 0. The minimum absolute atomic E-state index is 0.181. The summed E-state index contributed by atoms with van der Waals surface area (Å²) in [5.41, 5.74) is 0.669. The van der Waals surface area contributed by atoms with Gasteiger partial charge in [-0.05, 0) is 30.3 Å². The molecule has 0 radical (unpaired) electrons. The highest BCUT2D eigenvalue weighted by atomic mass is 35.5. The number of methoxy groups -OCH3 is 1. The molecule has 1 unspecified atom stereocenters. The lowest BCUT2D eigenvalue weighted by Gasteiger charge is -2.24. The molecular formula is C21H21ClN4O4. The molecule has 0 aliphatic carbocycles. The zero-order chi connectivity index (χ0) is 22.1. The molecule has 1 heterocycles. The fourth-order valence-corrected chi connectivity index (χ4v) is 3.06. The number of ether oxygens (including phenoxy) is 1. The van der Waals surface area contributed by atoms with Crippen molar-refractivity contribution < 1.29 is 19.1 Å². The molecule has 0 fully saturated rings.